The summed E-state index contributed by atoms with van der Waals surface area (Å²) in [6, 6.07) is 1.18. The summed E-state index contributed by atoms with van der Waals surface area (Å²) >= 11 is 3.20. The zero-order valence-corrected chi connectivity index (χ0v) is 17.6. The van der Waals surface area contributed by atoms with Gasteiger partial charge in [-0.25, -0.2) is 22.9 Å². The number of nitrogen functional groups attached to an aromatic ring is 1. The average Bonchev–Trinajstić information content (AvgIpc) is 2.55. The molecule has 1 unspecified atom stereocenters. The fourth-order valence-corrected chi connectivity index (χ4v) is 4.13. The molecule has 0 saturated carbocycles. The quantitative estimate of drug-likeness (QED) is 0.707. The van der Waals surface area contributed by atoms with Crippen LogP contribution < -0.4 is 10.5 Å². The molecule has 146 valence electrons. The number of nitrogens with zero attached hydrogens (tertiary/aromatic N) is 2. The smallest absolute Gasteiger partial charge is 0.330 e. The van der Waals surface area contributed by atoms with Gasteiger partial charge in [0.2, 0.25) is 10.0 Å². The monoisotopic (exact) mass is 448 g/mol. The van der Waals surface area contributed by atoms with Gasteiger partial charge in [0, 0.05) is 23.8 Å². The lowest BCUT2D eigenvalue weighted by Crippen LogP contribution is -2.48. The molecule has 2 rings (SSSR count). The maximum atomic E-state index is 12.6. The summed E-state index contributed by atoms with van der Waals surface area (Å²) in [5.41, 5.74) is 5.07. The molecule has 1 atom stereocenters. The van der Waals surface area contributed by atoms with E-state index in [0.717, 1.165) is 19.3 Å². The summed E-state index contributed by atoms with van der Waals surface area (Å²) in [5, 5.41) is 1.59. The minimum absolute atomic E-state index is 0.0691. The number of nitrogens with two attached hydrogens (primary N) is 1. The van der Waals surface area contributed by atoms with Gasteiger partial charge in [-0.3, -0.25) is 0 Å². The van der Waals surface area contributed by atoms with Crippen LogP contribution in [0.4, 0.5) is 5.82 Å². The Morgan fingerprint density at radius 2 is 2.15 bits per heavy atom. The topological polar surface area (TPSA) is 115 Å². The van der Waals surface area contributed by atoms with Crippen molar-refractivity contribution in [1.82, 2.24) is 14.8 Å². The maximum Gasteiger partial charge on any atom is 0.330 e. The Labute approximate surface area is 162 Å². The van der Waals surface area contributed by atoms with E-state index in [1.807, 2.05) is 0 Å². The third kappa shape index (κ3) is 5.38. The van der Waals surface area contributed by atoms with E-state index in [0.29, 0.717) is 11.0 Å². The average molecular weight is 449 g/mol. The molecule has 1 saturated heterocycles. The number of halogens is 1. The van der Waals surface area contributed by atoms with Crippen molar-refractivity contribution in [3.05, 3.63) is 16.7 Å². The minimum Gasteiger partial charge on any atom is -0.383 e. The van der Waals surface area contributed by atoms with Crippen LogP contribution >= 0.6 is 15.9 Å². The molecule has 0 radical (unpaired) electrons. The number of hydrogen-bond acceptors (Lipinski definition) is 7. The number of sulfonamides is 1. The van der Waals surface area contributed by atoms with Gasteiger partial charge in [0.15, 0.2) is 0 Å². The summed E-state index contributed by atoms with van der Waals surface area (Å²) in [4.78, 5) is 21.4. The molecule has 1 aliphatic rings. The van der Waals surface area contributed by atoms with Gasteiger partial charge in [-0.1, -0.05) is 6.42 Å². The lowest BCUT2D eigenvalue weighted by atomic mass is 9.97. The Balaban J connectivity index is 2.08. The molecule has 1 aliphatic heterocycles. The fraction of sp³-hybridized carbons (Fsp3) is 0.625. The predicted molar refractivity (Wildman–Crippen MR) is 101 cm³/mol. The largest absolute Gasteiger partial charge is 0.383 e. The van der Waals surface area contributed by atoms with E-state index in [4.69, 9.17) is 10.6 Å². The zero-order chi connectivity index (χ0) is 19.5. The molecule has 10 heteroatoms. The second-order valence-corrected chi connectivity index (χ2v) is 9.96. The summed E-state index contributed by atoms with van der Waals surface area (Å²) in [6.07, 6.45) is 4.00. The van der Waals surface area contributed by atoms with E-state index >= 15 is 0 Å². The van der Waals surface area contributed by atoms with Crippen LogP contribution in [0.2, 0.25) is 0 Å². The van der Waals surface area contributed by atoms with E-state index in [1.54, 1.807) is 25.8 Å². The van der Waals surface area contributed by atoms with Gasteiger partial charge in [0.1, 0.15) is 10.7 Å². The van der Waals surface area contributed by atoms with Gasteiger partial charge < -0.3 is 10.6 Å². The Morgan fingerprint density at radius 1 is 1.46 bits per heavy atom. The number of carbonyl (C=O) groups excluding carboxylic acids is 1. The summed E-state index contributed by atoms with van der Waals surface area (Å²) in [5.74, 6) is -0.409. The van der Waals surface area contributed by atoms with Crippen LogP contribution in [0.1, 0.15) is 40.0 Å². The first-order valence-corrected chi connectivity index (χ1v) is 10.7. The van der Waals surface area contributed by atoms with E-state index < -0.39 is 15.4 Å². The lowest BCUT2D eigenvalue weighted by molar-refractivity contribution is -0.216. The van der Waals surface area contributed by atoms with Crippen LogP contribution in [-0.4, -0.2) is 43.6 Å². The number of anilines is 1. The van der Waals surface area contributed by atoms with Crippen molar-refractivity contribution in [1.29, 1.82) is 0 Å². The maximum absolute atomic E-state index is 12.6. The van der Waals surface area contributed by atoms with Gasteiger partial charge in [-0.15, -0.1) is 5.06 Å². The first-order valence-electron chi connectivity index (χ1n) is 8.40. The van der Waals surface area contributed by atoms with Crippen LogP contribution in [0.3, 0.4) is 0 Å². The van der Waals surface area contributed by atoms with E-state index in [1.165, 1.54) is 12.3 Å². The number of carbonyl (C=O) groups is 1. The summed E-state index contributed by atoms with van der Waals surface area (Å²) in [7, 11) is -3.83. The van der Waals surface area contributed by atoms with Gasteiger partial charge in [0.05, 0.1) is 11.5 Å². The normalized spacial score (nSPS) is 19.3. The Morgan fingerprint density at radius 3 is 2.81 bits per heavy atom. The molecule has 1 aromatic rings. The first-order chi connectivity index (χ1) is 12.0. The highest BCUT2D eigenvalue weighted by Crippen LogP contribution is 2.23. The molecule has 1 fully saturated rings. The van der Waals surface area contributed by atoms with Crippen LogP contribution in [0.25, 0.3) is 0 Å². The van der Waals surface area contributed by atoms with Crippen molar-refractivity contribution >= 4 is 37.7 Å². The molecule has 0 bridgehead atoms. The van der Waals surface area contributed by atoms with Crippen LogP contribution in [0.15, 0.2) is 21.6 Å². The van der Waals surface area contributed by atoms with Crippen LogP contribution in [0.5, 0.6) is 0 Å². The van der Waals surface area contributed by atoms with Gasteiger partial charge in [-0.2, -0.15) is 0 Å². The molecular formula is C16H25BrN4O4S. The van der Waals surface area contributed by atoms with Crippen LogP contribution in [0, 0.1) is 5.41 Å². The molecular weight excluding hydrogens is 424 g/mol. The van der Waals surface area contributed by atoms with Gasteiger partial charge in [0.25, 0.3) is 0 Å². The number of pyridine rings is 1. The Kier molecular flexibility index (Phi) is 6.65. The lowest BCUT2D eigenvalue weighted by Gasteiger charge is -2.35. The van der Waals surface area contributed by atoms with Crippen molar-refractivity contribution < 1.29 is 18.0 Å². The number of aromatic nitrogens is 1. The van der Waals surface area contributed by atoms with Gasteiger partial charge >= 0.3 is 5.97 Å². The highest BCUT2D eigenvalue weighted by Gasteiger charge is 2.32. The van der Waals surface area contributed by atoms with Crippen molar-refractivity contribution in [2.45, 2.75) is 51.0 Å². The van der Waals surface area contributed by atoms with Crippen molar-refractivity contribution in [2.24, 2.45) is 5.41 Å². The standard InChI is InChI=1S/C16H25BrN4O4S/c1-16(2,3)15(22)25-21-7-5-4-6-12(21)10-20-26(23,24)13-8-11(17)9-19-14(13)18/h8-9,12,20H,4-7,10H2,1-3H3,(H2,18,19). The van der Waals surface area contributed by atoms with Crippen molar-refractivity contribution in [3.63, 3.8) is 0 Å². The number of nitrogens with one attached hydrogen (secondary N) is 1. The van der Waals surface area contributed by atoms with E-state index in [-0.39, 0.29) is 29.3 Å². The first kappa shape index (κ1) is 21.1. The predicted octanol–water partition coefficient (Wildman–Crippen LogP) is 2.06. The SMILES string of the molecule is CC(C)(C)C(=O)ON1CCCCC1CNS(=O)(=O)c1cc(Br)cnc1N. The Bertz CT molecular complexity index is 764. The number of rotatable bonds is 5. The number of hydroxylamine groups is 2. The summed E-state index contributed by atoms with van der Waals surface area (Å²) < 4.78 is 28.2. The van der Waals surface area contributed by atoms with Crippen molar-refractivity contribution in [3.8, 4) is 0 Å². The zero-order valence-electron chi connectivity index (χ0n) is 15.2. The molecule has 0 aliphatic carbocycles. The molecule has 3 N–H and O–H groups in total. The molecule has 0 amide bonds. The third-order valence-corrected chi connectivity index (χ3v) is 5.92. The van der Waals surface area contributed by atoms with E-state index in [9.17, 15) is 13.2 Å². The number of hydrogen-bond donors (Lipinski definition) is 2. The second-order valence-electron chi connectivity index (χ2n) is 7.31. The third-order valence-electron chi connectivity index (χ3n) is 4.03. The van der Waals surface area contributed by atoms with Crippen LogP contribution in [-0.2, 0) is 19.7 Å². The molecule has 26 heavy (non-hydrogen) atoms. The fourth-order valence-electron chi connectivity index (χ4n) is 2.47. The highest BCUT2D eigenvalue weighted by molar-refractivity contribution is 9.10. The summed E-state index contributed by atoms with van der Waals surface area (Å²) in [6.45, 7) is 6.03. The van der Waals surface area contributed by atoms with Crippen molar-refractivity contribution in [2.75, 3.05) is 18.8 Å². The molecule has 2 heterocycles. The molecule has 0 aromatic carbocycles. The molecule has 8 nitrogen and oxygen atoms in total. The highest BCUT2D eigenvalue weighted by atomic mass is 79.9. The second kappa shape index (κ2) is 8.20. The number of piperidine rings is 1. The minimum atomic E-state index is -3.83. The van der Waals surface area contributed by atoms with E-state index in [2.05, 4.69) is 25.6 Å². The molecule has 1 aromatic heterocycles. The molecule has 0 spiro atoms. The Hall–Kier alpha value is -1.23. The van der Waals surface area contributed by atoms with Gasteiger partial charge in [-0.05, 0) is 55.6 Å².